The summed E-state index contributed by atoms with van der Waals surface area (Å²) in [5.41, 5.74) is -2.38. The number of oxazole rings is 1. The molecule has 0 saturated carbocycles. The number of nitrogens with zero attached hydrogens (tertiary/aromatic N) is 1. The third-order valence-corrected chi connectivity index (χ3v) is 2.91. The molecule has 2 amide bonds. The highest BCUT2D eigenvalue weighted by atomic mass is 16.6. The number of aromatic nitrogens is 1. The minimum absolute atomic E-state index is 0.0692. The molecule has 1 unspecified atom stereocenters. The van der Waals surface area contributed by atoms with Crippen LogP contribution in [0, 0.1) is 0 Å². The number of carbonyl (C=O) groups excluding carboxylic acids is 3. The van der Waals surface area contributed by atoms with Crippen molar-refractivity contribution in [1.82, 2.24) is 15.6 Å². The van der Waals surface area contributed by atoms with Crippen LogP contribution in [0.1, 0.15) is 44.1 Å². The van der Waals surface area contributed by atoms with Gasteiger partial charge in [-0.3, -0.25) is 4.79 Å². The summed E-state index contributed by atoms with van der Waals surface area (Å²) in [5.74, 6) is -1.48. The molecule has 1 aromatic rings. The third kappa shape index (κ3) is 6.07. The van der Waals surface area contributed by atoms with Crippen molar-refractivity contribution in [3.63, 3.8) is 0 Å². The second-order valence-corrected chi connectivity index (χ2v) is 6.42. The van der Waals surface area contributed by atoms with E-state index in [0.29, 0.717) is 0 Å². The van der Waals surface area contributed by atoms with E-state index in [-0.39, 0.29) is 18.1 Å². The van der Waals surface area contributed by atoms with E-state index >= 15 is 0 Å². The van der Waals surface area contributed by atoms with Gasteiger partial charge >= 0.3 is 12.1 Å². The van der Waals surface area contributed by atoms with E-state index in [9.17, 15) is 19.5 Å². The molecule has 0 spiro atoms. The van der Waals surface area contributed by atoms with Crippen LogP contribution in [0.3, 0.4) is 0 Å². The van der Waals surface area contributed by atoms with Crippen molar-refractivity contribution in [2.75, 3.05) is 13.7 Å². The van der Waals surface area contributed by atoms with Crippen LogP contribution in [0.25, 0.3) is 0 Å². The topological polar surface area (TPSA) is 140 Å². The van der Waals surface area contributed by atoms with Gasteiger partial charge < -0.3 is 29.6 Å². The van der Waals surface area contributed by atoms with E-state index < -0.39 is 35.7 Å². The molecule has 10 heteroatoms. The summed E-state index contributed by atoms with van der Waals surface area (Å²) in [6.45, 7) is 5.73. The Hall–Kier alpha value is -2.62. The maximum absolute atomic E-state index is 12.1. The van der Waals surface area contributed by atoms with Gasteiger partial charge in [-0.05, 0) is 27.7 Å². The summed E-state index contributed by atoms with van der Waals surface area (Å²) >= 11 is 0. The fraction of sp³-hybridized carbons (Fsp3) is 0.600. The highest BCUT2D eigenvalue weighted by molar-refractivity contribution is 5.96. The zero-order valence-corrected chi connectivity index (χ0v) is 14.8. The number of hydrogen-bond donors (Lipinski definition) is 3. The lowest BCUT2D eigenvalue weighted by Crippen LogP contribution is -2.55. The molecule has 0 aliphatic carbocycles. The van der Waals surface area contributed by atoms with Crippen LogP contribution in [0.15, 0.2) is 10.7 Å². The van der Waals surface area contributed by atoms with Crippen molar-refractivity contribution in [1.29, 1.82) is 0 Å². The van der Waals surface area contributed by atoms with Gasteiger partial charge in [-0.1, -0.05) is 0 Å². The monoisotopic (exact) mass is 357 g/mol. The lowest BCUT2D eigenvalue weighted by molar-refractivity contribution is -0.149. The van der Waals surface area contributed by atoms with Crippen molar-refractivity contribution in [2.45, 2.75) is 45.4 Å². The largest absolute Gasteiger partial charge is 0.467 e. The third-order valence-electron chi connectivity index (χ3n) is 2.91. The van der Waals surface area contributed by atoms with Crippen molar-refractivity contribution in [3.8, 4) is 0 Å². The SMILES string of the molecule is COC(=O)C(C)(CO)NC(=O)c1coc(CNC(=O)OC(C)(C)C)n1. The predicted molar refractivity (Wildman–Crippen MR) is 84.5 cm³/mol. The number of aliphatic hydroxyl groups is 1. The summed E-state index contributed by atoms with van der Waals surface area (Å²) in [6, 6.07) is 0. The zero-order chi connectivity index (χ0) is 19.3. The molecule has 25 heavy (non-hydrogen) atoms. The summed E-state index contributed by atoms with van der Waals surface area (Å²) in [5, 5.41) is 14.1. The van der Waals surface area contributed by atoms with Crippen LogP contribution in [-0.4, -0.2) is 52.9 Å². The lowest BCUT2D eigenvalue weighted by atomic mass is 10.0. The molecule has 0 aliphatic rings. The van der Waals surface area contributed by atoms with Gasteiger partial charge in [-0.2, -0.15) is 0 Å². The highest BCUT2D eigenvalue weighted by Gasteiger charge is 2.36. The molecule has 1 rings (SSSR count). The number of hydrogen-bond acceptors (Lipinski definition) is 8. The Morgan fingerprint density at radius 1 is 1.28 bits per heavy atom. The maximum Gasteiger partial charge on any atom is 0.408 e. The fourth-order valence-corrected chi connectivity index (χ4v) is 1.65. The molecular weight excluding hydrogens is 334 g/mol. The Bertz CT molecular complexity index is 635. The van der Waals surface area contributed by atoms with Crippen molar-refractivity contribution in [2.24, 2.45) is 0 Å². The Morgan fingerprint density at radius 3 is 2.44 bits per heavy atom. The number of rotatable bonds is 6. The number of ether oxygens (including phenoxy) is 2. The minimum Gasteiger partial charge on any atom is -0.467 e. The Labute approximate surface area is 144 Å². The molecule has 3 N–H and O–H groups in total. The van der Waals surface area contributed by atoms with Gasteiger partial charge in [-0.25, -0.2) is 14.6 Å². The number of aliphatic hydroxyl groups excluding tert-OH is 1. The molecule has 0 bridgehead atoms. The van der Waals surface area contributed by atoms with Crippen LogP contribution in [0.2, 0.25) is 0 Å². The first-order chi connectivity index (χ1) is 11.5. The number of amides is 2. The molecule has 1 aromatic heterocycles. The molecule has 140 valence electrons. The summed E-state index contributed by atoms with van der Waals surface area (Å²) in [7, 11) is 1.14. The minimum atomic E-state index is -1.61. The Balaban J connectivity index is 2.66. The first kappa shape index (κ1) is 20.4. The molecular formula is C15H23N3O7. The highest BCUT2D eigenvalue weighted by Crippen LogP contribution is 2.10. The van der Waals surface area contributed by atoms with Crippen LogP contribution in [0.5, 0.6) is 0 Å². The predicted octanol–water partition coefficient (Wildman–Crippen LogP) is 0.353. The van der Waals surface area contributed by atoms with E-state index in [1.54, 1.807) is 20.8 Å². The summed E-state index contributed by atoms with van der Waals surface area (Å²) in [6.07, 6.45) is 0.409. The molecule has 0 aromatic carbocycles. The second-order valence-electron chi connectivity index (χ2n) is 6.42. The van der Waals surface area contributed by atoms with Crippen molar-refractivity contribution >= 4 is 18.0 Å². The van der Waals surface area contributed by atoms with Crippen molar-refractivity contribution in [3.05, 3.63) is 17.8 Å². The number of esters is 1. The van der Waals surface area contributed by atoms with E-state index in [1.807, 2.05) is 0 Å². The van der Waals surface area contributed by atoms with Gasteiger partial charge in [0.1, 0.15) is 11.9 Å². The molecule has 10 nitrogen and oxygen atoms in total. The first-order valence-electron chi connectivity index (χ1n) is 7.44. The molecule has 0 saturated heterocycles. The van der Waals surface area contributed by atoms with Gasteiger partial charge in [-0.15, -0.1) is 0 Å². The van der Waals surface area contributed by atoms with E-state index in [1.165, 1.54) is 6.92 Å². The second kappa shape index (κ2) is 7.97. The molecule has 0 fully saturated rings. The standard InChI is InChI=1S/C15H23N3O7/c1-14(2,3)25-13(22)16-6-10-17-9(7-24-10)11(20)18-15(4,8-19)12(21)23-5/h7,19H,6,8H2,1-5H3,(H,16,22)(H,18,20). The average molecular weight is 357 g/mol. The molecule has 1 heterocycles. The van der Waals surface area contributed by atoms with Gasteiger partial charge in [0.2, 0.25) is 5.89 Å². The van der Waals surface area contributed by atoms with Crippen LogP contribution in [-0.2, 0) is 20.8 Å². The van der Waals surface area contributed by atoms with Gasteiger partial charge in [0, 0.05) is 0 Å². The van der Waals surface area contributed by atoms with Gasteiger partial charge in [0.25, 0.3) is 5.91 Å². The number of carbonyl (C=O) groups is 3. The Morgan fingerprint density at radius 2 is 1.92 bits per heavy atom. The normalized spacial score (nSPS) is 13.5. The molecule has 0 radical (unpaired) electrons. The maximum atomic E-state index is 12.1. The van der Waals surface area contributed by atoms with Crippen LogP contribution in [0.4, 0.5) is 4.79 Å². The fourth-order valence-electron chi connectivity index (χ4n) is 1.65. The van der Waals surface area contributed by atoms with Crippen LogP contribution < -0.4 is 10.6 Å². The average Bonchev–Trinajstić information content (AvgIpc) is 2.99. The number of nitrogens with one attached hydrogen (secondary N) is 2. The number of alkyl carbamates (subject to hydrolysis) is 1. The Kier molecular flexibility index (Phi) is 6.51. The van der Waals surface area contributed by atoms with Crippen LogP contribution >= 0.6 is 0 Å². The van der Waals surface area contributed by atoms with E-state index in [4.69, 9.17) is 9.15 Å². The smallest absolute Gasteiger partial charge is 0.408 e. The lowest BCUT2D eigenvalue weighted by Gasteiger charge is -2.24. The van der Waals surface area contributed by atoms with Gasteiger partial charge in [0.15, 0.2) is 11.2 Å². The van der Waals surface area contributed by atoms with Crippen molar-refractivity contribution < 1.29 is 33.4 Å². The van der Waals surface area contributed by atoms with Gasteiger partial charge in [0.05, 0.1) is 20.3 Å². The summed E-state index contributed by atoms with van der Waals surface area (Å²) in [4.78, 5) is 39.2. The first-order valence-corrected chi connectivity index (χ1v) is 7.44. The van der Waals surface area contributed by atoms with E-state index in [0.717, 1.165) is 13.4 Å². The number of methoxy groups -OCH3 is 1. The van der Waals surface area contributed by atoms with E-state index in [2.05, 4.69) is 20.4 Å². The summed E-state index contributed by atoms with van der Waals surface area (Å²) < 4.78 is 14.7. The quantitative estimate of drug-likeness (QED) is 0.620. The molecule has 0 aliphatic heterocycles. The molecule has 1 atom stereocenters. The zero-order valence-electron chi connectivity index (χ0n) is 14.8.